The highest BCUT2D eigenvalue weighted by atomic mass is 35.5. The maximum atomic E-state index is 12.9. The predicted octanol–water partition coefficient (Wildman–Crippen LogP) is 6.80. The van der Waals surface area contributed by atoms with Crippen LogP contribution in [0, 0.1) is 0 Å². The molecule has 0 spiro atoms. The summed E-state index contributed by atoms with van der Waals surface area (Å²) in [5.41, 5.74) is 1.72. The first kappa shape index (κ1) is 26.7. The van der Waals surface area contributed by atoms with Crippen molar-refractivity contribution in [2.45, 2.75) is 19.2 Å². The molecule has 6 nitrogen and oxygen atoms in total. The van der Waals surface area contributed by atoms with E-state index in [4.69, 9.17) is 16.3 Å². The molecule has 3 aromatic carbocycles. The number of esters is 1. The Kier molecular flexibility index (Phi) is 7.97. The van der Waals surface area contributed by atoms with E-state index in [1.54, 1.807) is 29.1 Å². The summed E-state index contributed by atoms with van der Waals surface area (Å²) >= 11 is 6.15. The van der Waals surface area contributed by atoms with Crippen molar-refractivity contribution in [3.63, 3.8) is 0 Å². The van der Waals surface area contributed by atoms with Gasteiger partial charge in [-0.2, -0.15) is 18.3 Å². The van der Waals surface area contributed by atoms with E-state index < -0.39 is 29.7 Å². The summed E-state index contributed by atoms with van der Waals surface area (Å²) in [6, 6.07) is 20.6. The van der Waals surface area contributed by atoms with Gasteiger partial charge in [0.05, 0.1) is 11.3 Å². The van der Waals surface area contributed by atoms with E-state index in [1.165, 1.54) is 25.1 Å². The standard InChI is InChI=1S/C28H21ClF3N3O3/c1-18(27(37)33-23-10-6-8-21(16-23)28(30,31)32)38-25(36)14-13-20-17-35(24-11-3-2-4-12-24)34-26(20)19-7-5-9-22(29)15-19/h2-18H,1H3,(H,33,37)/b14-13+/t18-/m0/s1. The highest BCUT2D eigenvalue weighted by molar-refractivity contribution is 6.30. The zero-order valence-corrected chi connectivity index (χ0v) is 20.7. The summed E-state index contributed by atoms with van der Waals surface area (Å²) in [4.78, 5) is 24.9. The van der Waals surface area contributed by atoms with Crippen LogP contribution in [0.1, 0.15) is 18.1 Å². The van der Waals surface area contributed by atoms with Gasteiger partial charge in [-0.1, -0.05) is 48.0 Å². The first-order valence-electron chi connectivity index (χ1n) is 11.4. The Morgan fingerprint density at radius 3 is 2.47 bits per heavy atom. The number of benzene rings is 3. The van der Waals surface area contributed by atoms with E-state index in [-0.39, 0.29) is 5.69 Å². The molecule has 194 valence electrons. The number of para-hydroxylation sites is 1. The molecule has 0 aliphatic heterocycles. The van der Waals surface area contributed by atoms with Crippen molar-refractivity contribution >= 4 is 35.2 Å². The summed E-state index contributed by atoms with van der Waals surface area (Å²) in [6.45, 7) is 1.32. The van der Waals surface area contributed by atoms with Crippen LogP contribution in [-0.2, 0) is 20.5 Å². The number of carbonyl (C=O) groups is 2. The third kappa shape index (κ3) is 6.68. The Hall–Kier alpha value is -4.37. The molecule has 0 aliphatic rings. The summed E-state index contributed by atoms with van der Waals surface area (Å²) in [6.07, 6.45) is -1.43. The van der Waals surface area contributed by atoms with Gasteiger partial charge in [-0.3, -0.25) is 4.79 Å². The summed E-state index contributed by atoms with van der Waals surface area (Å²) in [5.74, 6) is -1.59. The first-order valence-corrected chi connectivity index (χ1v) is 11.8. The van der Waals surface area contributed by atoms with E-state index in [2.05, 4.69) is 10.4 Å². The van der Waals surface area contributed by atoms with Crippen LogP contribution >= 0.6 is 11.6 Å². The van der Waals surface area contributed by atoms with Crippen molar-refractivity contribution in [2.24, 2.45) is 0 Å². The number of ether oxygens (including phenoxy) is 1. The Morgan fingerprint density at radius 2 is 1.76 bits per heavy atom. The molecule has 0 radical (unpaired) electrons. The van der Waals surface area contributed by atoms with Gasteiger partial charge in [-0.05, 0) is 55.5 Å². The maximum absolute atomic E-state index is 12.9. The first-order chi connectivity index (χ1) is 18.1. The fourth-order valence-corrected chi connectivity index (χ4v) is 3.71. The van der Waals surface area contributed by atoms with Crippen LogP contribution in [0.4, 0.5) is 18.9 Å². The SMILES string of the molecule is C[C@H](OC(=O)/C=C/c1cn(-c2ccccc2)nc1-c1cccc(Cl)c1)C(=O)Nc1cccc(C(F)(F)F)c1. The Labute approximate surface area is 221 Å². The lowest BCUT2D eigenvalue weighted by Crippen LogP contribution is -2.29. The third-order valence-corrected chi connectivity index (χ3v) is 5.61. The molecule has 0 unspecified atom stereocenters. The predicted molar refractivity (Wildman–Crippen MR) is 139 cm³/mol. The number of aromatic nitrogens is 2. The van der Waals surface area contributed by atoms with Gasteiger partial charge >= 0.3 is 12.1 Å². The van der Waals surface area contributed by atoms with Gasteiger partial charge in [0, 0.05) is 34.1 Å². The summed E-state index contributed by atoms with van der Waals surface area (Å²) in [5, 5.41) is 7.49. The van der Waals surface area contributed by atoms with Gasteiger partial charge in [0.25, 0.3) is 5.91 Å². The van der Waals surface area contributed by atoms with Crippen LogP contribution < -0.4 is 5.32 Å². The fourth-order valence-electron chi connectivity index (χ4n) is 3.52. The lowest BCUT2D eigenvalue weighted by molar-refractivity contribution is -0.148. The van der Waals surface area contributed by atoms with Crippen LogP contribution in [0.2, 0.25) is 5.02 Å². The van der Waals surface area contributed by atoms with Crippen LogP contribution in [0.15, 0.2) is 91.1 Å². The maximum Gasteiger partial charge on any atom is 0.416 e. The Balaban J connectivity index is 1.49. The quantitative estimate of drug-likeness (QED) is 0.207. The lowest BCUT2D eigenvalue weighted by Gasteiger charge is -2.13. The molecule has 1 heterocycles. The molecule has 0 fully saturated rings. The van der Waals surface area contributed by atoms with Crippen LogP contribution in [0.5, 0.6) is 0 Å². The average molecular weight is 540 g/mol. The van der Waals surface area contributed by atoms with Gasteiger partial charge in [0.15, 0.2) is 6.10 Å². The number of carbonyl (C=O) groups excluding carboxylic acids is 2. The van der Waals surface area contributed by atoms with Gasteiger partial charge in [-0.15, -0.1) is 0 Å². The summed E-state index contributed by atoms with van der Waals surface area (Å²) in [7, 11) is 0. The molecule has 0 saturated carbocycles. The number of nitrogens with zero attached hydrogens (tertiary/aromatic N) is 2. The molecule has 1 N–H and O–H groups in total. The number of hydrogen-bond acceptors (Lipinski definition) is 4. The molecule has 0 saturated heterocycles. The van der Waals surface area contributed by atoms with Crippen molar-refractivity contribution < 1.29 is 27.5 Å². The minimum absolute atomic E-state index is 0.0669. The molecule has 1 atom stereocenters. The van der Waals surface area contributed by atoms with E-state index in [1.807, 2.05) is 36.4 Å². The topological polar surface area (TPSA) is 73.2 Å². The lowest BCUT2D eigenvalue weighted by atomic mass is 10.1. The fraction of sp³-hybridized carbons (Fsp3) is 0.107. The monoisotopic (exact) mass is 539 g/mol. The number of anilines is 1. The highest BCUT2D eigenvalue weighted by Gasteiger charge is 2.30. The van der Waals surface area contributed by atoms with Crippen LogP contribution in [0.3, 0.4) is 0 Å². The number of nitrogens with one attached hydrogen (secondary N) is 1. The molecule has 0 bridgehead atoms. The van der Waals surface area contributed by atoms with Crippen molar-refractivity contribution in [1.29, 1.82) is 0 Å². The Morgan fingerprint density at radius 1 is 1.03 bits per heavy atom. The normalized spacial score (nSPS) is 12.3. The molecule has 4 aromatic rings. The van der Waals surface area contributed by atoms with Crippen molar-refractivity contribution in [2.75, 3.05) is 5.32 Å². The van der Waals surface area contributed by atoms with Crippen LogP contribution in [0.25, 0.3) is 23.0 Å². The number of alkyl halides is 3. The van der Waals surface area contributed by atoms with Crippen molar-refractivity contribution in [1.82, 2.24) is 9.78 Å². The molecule has 38 heavy (non-hydrogen) atoms. The zero-order chi connectivity index (χ0) is 27.3. The number of rotatable bonds is 7. The van der Waals surface area contributed by atoms with Crippen LogP contribution in [-0.4, -0.2) is 27.8 Å². The molecule has 1 aromatic heterocycles. The van der Waals surface area contributed by atoms with Crippen molar-refractivity contribution in [3.05, 3.63) is 107 Å². The number of halogens is 4. The van der Waals surface area contributed by atoms with E-state index >= 15 is 0 Å². The second kappa shape index (κ2) is 11.4. The molecular weight excluding hydrogens is 519 g/mol. The van der Waals surface area contributed by atoms with E-state index in [0.29, 0.717) is 16.3 Å². The number of amides is 1. The molecule has 1 amide bonds. The van der Waals surface area contributed by atoms with Gasteiger partial charge in [0.2, 0.25) is 0 Å². The van der Waals surface area contributed by atoms with E-state index in [0.717, 1.165) is 29.5 Å². The molecular formula is C28H21ClF3N3O3. The minimum atomic E-state index is -4.55. The largest absolute Gasteiger partial charge is 0.449 e. The molecule has 10 heteroatoms. The van der Waals surface area contributed by atoms with E-state index in [9.17, 15) is 22.8 Å². The Bertz CT molecular complexity index is 1480. The third-order valence-electron chi connectivity index (χ3n) is 5.38. The van der Waals surface area contributed by atoms with Gasteiger partial charge in [0.1, 0.15) is 5.69 Å². The molecule has 0 aliphatic carbocycles. The zero-order valence-electron chi connectivity index (χ0n) is 19.9. The minimum Gasteiger partial charge on any atom is -0.449 e. The average Bonchev–Trinajstić information content (AvgIpc) is 3.32. The van der Waals surface area contributed by atoms with Crippen molar-refractivity contribution in [3.8, 4) is 16.9 Å². The number of hydrogen-bond donors (Lipinski definition) is 1. The van der Waals surface area contributed by atoms with Gasteiger partial charge < -0.3 is 10.1 Å². The summed E-state index contributed by atoms with van der Waals surface area (Å²) < 4.78 is 45.5. The second-order valence-electron chi connectivity index (χ2n) is 8.20. The second-order valence-corrected chi connectivity index (χ2v) is 8.64. The smallest absolute Gasteiger partial charge is 0.416 e. The van der Waals surface area contributed by atoms with Gasteiger partial charge in [-0.25, -0.2) is 9.48 Å². The molecule has 4 rings (SSSR count). The highest BCUT2D eigenvalue weighted by Crippen LogP contribution is 2.31.